The number of carboxylic acid groups (broad SMARTS) is 1. The zero-order chi connectivity index (χ0) is 12.5. The molecule has 0 amide bonds. The molecule has 0 saturated carbocycles. The summed E-state index contributed by atoms with van der Waals surface area (Å²) in [7, 11) is 0. The molecule has 4 nitrogen and oxygen atoms in total. The number of hydrogen-bond acceptors (Lipinski definition) is 4. The van der Waals surface area contributed by atoms with Crippen LogP contribution >= 0.6 is 11.3 Å². The highest BCUT2D eigenvalue weighted by Crippen LogP contribution is 2.34. The van der Waals surface area contributed by atoms with Gasteiger partial charge in [-0.2, -0.15) is 0 Å². The third kappa shape index (κ3) is 2.59. The number of rotatable bonds is 3. The molecule has 0 saturated heterocycles. The molecule has 90 valence electrons. The van der Waals surface area contributed by atoms with Crippen LogP contribution < -0.4 is 5.73 Å². The summed E-state index contributed by atoms with van der Waals surface area (Å²) in [5.41, 5.74) is 6.58. The molecule has 16 heavy (non-hydrogen) atoms. The Morgan fingerprint density at radius 1 is 1.56 bits per heavy atom. The van der Waals surface area contributed by atoms with E-state index in [1.807, 2.05) is 27.7 Å². The molecule has 0 spiro atoms. The van der Waals surface area contributed by atoms with E-state index in [1.54, 1.807) is 0 Å². The van der Waals surface area contributed by atoms with Gasteiger partial charge in [0.25, 0.3) is 0 Å². The lowest BCUT2D eigenvalue weighted by Crippen LogP contribution is -2.26. The first-order chi connectivity index (χ1) is 7.27. The highest BCUT2D eigenvalue weighted by atomic mass is 32.1. The van der Waals surface area contributed by atoms with E-state index in [2.05, 4.69) is 4.98 Å². The average Bonchev–Trinajstić information content (AvgIpc) is 2.58. The van der Waals surface area contributed by atoms with Crippen LogP contribution in [0.25, 0.3) is 0 Å². The maximum Gasteiger partial charge on any atom is 0.347 e. The Balaban J connectivity index is 3.13. The van der Waals surface area contributed by atoms with Gasteiger partial charge in [0, 0.05) is 0 Å². The van der Waals surface area contributed by atoms with Crippen molar-refractivity contribution in [3.63, 3.8) is 0 Å². The van der Waals surface area contributed by atoms with Gasteiger partial charge in [-0.25, -0.2) is 9.78 Å². The molecule has 0 aliphatic heterocycles. The van der Waals surface area contributed by atoms with Gasteiger partial charge in [-0.3, -0.25) is 0 Å². The third-order valence-corrected chi connectivity index (χ3v) is 3.61. The van der Waals surface area contributed by atoms with Gasteiger partial charge in [0.2, 0.25) is 0 Å². The molecule has 1 heterocycles. The van der Waals surface area contributed by atoms with Crippen LogP contribution in [0.5, 0.6) is 0 Å². The molecule has 1 rings (SSSR count). The second kappa shape index (κ2) is 4.51. The van der Waals surface area contributed by atoms with Gasteiger partial charge in [0.1, 0.15) is 9.88 Å². The minimum atomic E-state index is -0.915. The van der Waals surface area contributed by atoms with E-state index < -0.39 is 5.97 Å². The Bertz CT molecular complexity index is 393. The molecule has 5 heteroatoms. The van der Waals surface area contributed by atoms with Gasteiger partial charge >= 0.3 is 5.97 Å². The lowest BCUT2D eigenvalue weighted by Gasteiger charge is -2.24. The fourth-order valence-corrected chi connectivity index (χ4v) is 2.52. The largest absolute Gasteiger partial charge is 0.477 e. The number of carbonyl (C=O) groups is 1. The summed E-state index contributed by atoms with van der Waals surface area (Å²) in [6, 6.07) is -0.226. The summed E-state index contributed by atoms with van der Waals surface area (Å²) in [6.07, 6.45) is 0.620. The fourth-order valence-electron chi connectivity index (χ4n) is 1.28. The number of aromatic nitrogens is 1. The van der Waals surface area contributed by atoms with Gasteiger partial charge in [-0.15, -0.1) is 11.3 Å². The van der Waals surface area contributed by atoms with E-state index in [9.17, 15) is 4.79 Å². The van der Waals surface area contributed by atoms with Crippen LogP contribution in [0.4, 0.5) is 0 Å². The van der Waals surface area contributed by atoms with Crippen molar-refractivity contribution in [2.75, 3.05) is 0 Å². The Labute approximate surface area is 99.5 Å². The molecule has 1 aromatic rings. The van der Waals surface area contributed by atoms with Gasteiger partial charge in [0.05, 0.1) is 11.7 Å². The molecule has 1 unspecified atom stereocenters. The van der Waals surface area contributed by atoms with Crippen molar-refractivity contribution in [3.8, 4) is 0 Å². The normalized spacial score (nSPS) is 13.8. The van der Waals surface area contributed by atoms with Crippen LogP contribution in [0.15, 0.2) is 0 Å². The topological polar surface area (TPSA) is 76.2 Å². The fraction of sp³-hybridized carbons (Fsp3) is 0.636. The third-order valence-electron chi connectivity index (χ3n) is 2.44. The van der Waals surface area contributed by atoms with E-state index in [1.165, 1.54) is 11.3 Å². The summed E-state index contributed by atoms with van der Waals surface area (Å²) in [5.74, 6) is -0.915. The zero-order valence-corrected chi connectivity index (χ0v) is 10.9. The smallest absolute Gasteiger partial charge is 0.347 e. The van der Waals surface area contributed by atoms with Crippen molar-refractivity contribution >= 4 is 17.3 Å². The minimum Gasteiger partial charge on any atom is -0.477 e. The summed E-state index contributed by atoms with van der Waals surface area (Å²) < 4.78 is 0. The molecule has 0 aliphatic rings. The van der Waals surface area contributed by atoms with Gasteiger partial charge in [0.15, 0.2) is 0 Å². The molecule has 0 aromatic carbocycles. The lowest BCUT2D eigenvalue weighted by atomic mass is 9.88. The zero-order valence-electron chi connectivity index (χ0n) is 10.1. The SMILES string of the molecule is CCc1nc(C(N)C(C)(C)C)sc1C(=O)O. The Morgan fingerprint density at radius 3 is 2.44 bits per heavy atom. The molecule has 0 aliphatic carbocycles. The summed E-state index contributed by atoms with van der Waals surface area (Å²) in [4.78, 5) is 15.6. The lowest BCUT2D eigenvalue weighted by molar-refractivity contribution is 0.0701. The van der Waals surface area contributed by atoms with Gasteiger partial charge in [-0.1, -0.05) is 27.7 Å². The van der Waals surface area contributed by atoms with Gasteiger partial charge in [-0.05, 0) is 11.8 Å². The van der Waals surface area contributed by atoms with Crippen molar-refractivity contribution in [1.82, 2.24) is 4.98 Å². The predicted molar refractivity (Wildman–Crippen MR) is 64.8 cm³/mol. The van der Waals surface area contributed by atoms with E-state index >= 15 is 0 Å². The molecule has 1 atom stereocenters. The van der Waals surface area contributed by atoms with Crippen molar-refractivity contribution < 1.29 is 9.90 Å². The summed E-state index contributed by atoms with van der Waals surface area (Å²) in [5, 5.41) is 9.73. The number of aryl methyl sites for hydroxylation is 1. The Morgan fingerprint density at radius 2 is 2.12 bits per heavy atom. The van der Waals surface area contributed by atoms with Crippen LogP contribution in [0.2, 0.25) is 0 Å². The molecule has 0 radical (unpaired) electrons. The number of nitrogens with two attached hydrogens (primary N) is 1. The number of hydrogen-bond donors (Lipinski definition) is 2. The van der Waals surface area contributed by atoms with Crippen LogP contribution in [0.3, 0.4) is 0 Å². The van der Waals surface area contributed by atoms with Crippen molar-refractivity contribution in [2.24, 2.45) is 11.1 Å². The summed E-state index contributed by atoms with van der Waals surface area (Å²) in [6.45, 7) is 7.95. The average molecular weight is 242 g/mol. The van der Waals surface area contributed by atoms with Crippen LogP contribution in [0, 0.1) is 5.41 Å². The Kier molecular flexibility index (Phi) is 3.70. The number of nitrogens with zero attached hydrogens (tertiary/aromatic N) is 1. The monoisotopic (exact) mass is 242 g/mol. The number of aromatic carboxylic acids is 1. The van der Waals surface area contributed by atoms with Crippen molar-refractivity contribution in [2.45, 2.75) is 40.2 Å². The van der Waals surface area contributed by atoms with Gasteiger partial charge < -0.3 is 10.8 Å². The minimum absolute atomic E-state index is 0.112. The molecule has 3 N–H and O–H groups in total. The quantitative estimate of drug-likeness (QED) is 0.853. The number of carboxylic acids is 1. The maximum atomic E-state index is 11.0. The van der Waals surface area contributed by atoms with Crippen LogP contribution in [-0.4, -0.2) is 16.1 Å². The maximum absolute atomic E-state index is 11.0. The van der Waals surface area contributed by atoms with Crippen LogP contribution in [0.1, 0.15) is 54.1 Å². The first-order valence-electron chi connectivity index (χ1n) is 5.25. The first kappa shape index (κ1) is 13.1. The molecule has 0 bridgehead atoms. The summed E-state index contributed by atoms with van der Waals surface area (Å²) >= 11 is 1.19. The van der Waals surface area contributed by atoms with Crippen LogP contribution in [-0.2, 0) is 6.42 Å². The molecular formula is C11H18N2O2S. The first-order valence-corrected chi connectivity index (χ1v) is 6.07. The second-order valence-electron chi connectivity index (χ2n) is 4.83. The van der Waals surface area contributed by atoms with Crippen molar-refractivity contribution in [1.29, 1.82) is 0 Å². The molecular weight excluding hydrogens is 224 g/mol. The predicted octanol–water partition coefficient (Wildman–Crippen LogP) is 2.45. The highest BCUT2D eigenvalue weighted by molar-refractivity contribution is 7.13. The number of thiazole rings is 1. The second-order valence-corrected chi connectivity index (χ2v) is 5.86. The van der Waals surface area contributed by atoms with Crippen molar-refractivity contribution in [3.05, 3.63) is 15.6 Å². The molecule has 1 aromatic heterocycles. The van der Waals surface area contributed by atoms with E-state index in [4.69, 9.17) is 10.8 Å². The molecule has 0 fully saturated rings. The van der Waals surface area contributed by atoms with E-state index in [0.717, 1.165) is 0 Å². The highest BCUT2D eigenvalue weighted by Gasteiger charge is 2.27. The standard InChI is InChI=1S/C11H18N2O2S/c1-5-6-7(10(14)15)16-9(13-6)8(12)11(2,3)4/h8H,5,12H2,1-4H3,(H,14,15). The Hall–Kier alpha value is -0.940. The van der Waals surface area contributed by atoms with E-state index in [0.29, 0.717) is 22.0 Å². The van der Waals surface area contributed by atoms with E-state index in [-0.39, 0.29) is 11.5 Å².